The first-order valence-electron chi connectivity index (χ1n) is 6.30. The fourth-order valence-corrected chi connectivity index (χ4v) is 2.34. The Labute approximate surface area is 122 Å². The standard InChI is InChI=1S/C14H18ClFN2S/c1-8(2)14(3,4)7-18-12-6-10(16)9(15)5-11(12)17-13(18)19/h5-6,8H,7H2,1-4H3,(H,17,19). The second kappa shape index (κ2) is 4.91. The normalized spacial score (nSPS) is 12.6. The van der Waals surface area contributed by atoms with Crippen LogP contribution >= 0.6 is 23.8 Å². The van der Waals surface area contributed by atoms with Gasteiger partial charge >= 0.3 is 0 Å². The predicted molar refractivity (Wildman–Crippen MR) is 80.7 cm³/mol. The molecule has 104 valence electrons. The molecule has 0 radical (unpaired) electrons. The summed E-state index contributed by atoms with van der Waals surface area (Å²) in [6.45, 7) is 9.46. The number of benzene rings is 1. The van der Waals surface area contributed by atoms with Gasteiger partial charge < -0.3 is 9.55 Å². The Morgan fingerprint density at radius 1 is 1.42 bits per heavy atom. The quantitative estimate of drug-likeness (QED) is 0.775. The van der Waals surface area contributed by atoms with E-state index in [-0.39, 0.29) is 10.4 Å². The Morgan fingerprint density at radius 3 is 2.63 bits per heavy atom. The summed E-state index contributed by atoms with van der Waals surface area (Å²) in [6.07, 6.45) is 0. The van der Waals surface area contributed by atoms with Crippen molar-refractivity contribution in [1.82, 2.24) is 9.55 Å². The lowest BCUT2D eigenvalue weighted by atomic mass is 9.81. The van der Waals surface area contributed by atoms with Gasteiger partial charge in [-0.3, -0.25) is 0 Å². The Kier molecular flexibility index (Phi) is 3.76. The monoisotopic (exact) mass is 300 g/mol. The average molecular weight is 301 g/mol. The first kappa shape index (κ1) is 14.5. The third-order valence-corrected chi connectivity index (χ3v) is 4.56. The van der Waals surface area contributed by atoms with Crippen LogP contribution in [0.1, 0.15) is 27.7 Å². The van der Waals surface area contributed by atoms with E-state index in [4.69, 9.17) is 23.8 Å². The van der Waals surface area contributed by atoms with Crippen LogP contribution in [0.25, 0.3) is 11.0 Å². The molecule has 19 heavy (non-hydrogen) atoms. The Morgan fingerprint density at radius 2 is 2.05 bits per heavy atom. The topological polar surface area (TPSA) is 20.7 Å². The minimum absolute atomic E-state index is 0.0729. The molecule has 0 fully saturated rings. The number of fused-ring (bicyclic) bond motifs is 1. The van der Waals surface area contributed by atoms with Gasteiger partial charge in [0.2, 0.25) is 0 Å². The van der Waals surface area contributed by atoms with Crippen molar-refractivity contribution >= 4 is 34.9 Å². The van der Waals surface area contributed by atoms with Gasteiger partial charge in [0.05, 0.1) is 16.1 Å². The molecule has 0 aliphatic rings. The highest BCUT2D eigenvalue weighted by Gasteiger charge is 2.24. The van der Waals surface area contributed by atoms with E-state index in [0.29, 0.717) is 10.7 Å². The number of aromatic amines is 1. The molecular weight excluding hydrogens is 283 g/mol. The maximum Gasteiger partial charge on any atom is 0.178 e. The number of imidazole rings is 1. The Hall–Kier alpha value is -0.870. The molecule has 2 nitrogen and oxygen atoms in total. The van der Waals surface area contributed by atoms with Gasteiger partial charge in [-0.05, 0) is 29.6 Å². The number of hydrogen-bond donors (Lipinski definition) is 1. The van der Waals surface area contributed by atoms with Gasteiger partial charge in [-0.1, -0.05) is 39.3 Å². The van der Waals surface area contributed by atoms with Gasteiger partial charge in [0.15, 0.2) is 4.77 Å². The summed E-state index contributed by atoms with van der Waals surface area (Å²) in [5, 5.41) is 0.110. The molecule has 1 N–H and O–H groups in total. The maximum atomic E-state index is 13.6. The fourth-order valence-electron chi connectivity index (χ4n) is 1.90. The molecule has 0 aliphatic heterocycles. The van der Waals surface area contributed by atoms with Crippen LogP contribution in [0, 0.1) is 21.9 Å². The summed E-state index contributed by atoms with van der Waals surface area (Å²) in [7, 11) is 0. The van der Waals surface area contributed by atoms with Gasteiger partial charge in [-0.2, -0.15) is 0 Å². The molecule has 2 rings (SSSR count). The molecule has 1 aromatic carbocycles. The summed E-state index contributed by atoms with van der Waals surface area (Å²) in [5.41, 5.74) is 1.61. The number of aromatic nitrogens is 2. The molecule has 0 spiro atoms. The van der Waals surface area contributed by atoms with E-state index in [2.05, 4.69) is 32.7 Å². The first-order valence-corrected chi connectivity index (χ1v) is 7.08. The van der Waals surface area contributed by atoms with Crippen molar-refractivity contribution in [3.05, 3.63) is 27.7 Å². The number of nitrogens with one attached hydrogen (secondary N) is 1. The van der Waals surface area contributed by atoms with Gasteiger partial charge in [0.25, 0.3) is 0 Å². The summed E-state index contributed by atoms with van der Waals surface area (Å²) in [4.78, 5) is 3.08. The van der Waals surface area contributed by atoms with E-state index in [1.54, 1.807) is 6.07 Å². The van der Waals surface area contributed by atoms with E-state index in [9.17, 15) is 4.39 Å². The van der Waals surface area contributed by atoms with E-state index < -0.39 is 5.82 Å². The van der Waals surface area contributed by atoms with E-state index >= 15 is 0 Å². The van der Waals surface area contributed by atoms with Crippen LogP contribution in [0.2, 0.25) is 5.02 Å². The third kappa shape index (κ3) is 2.70. The fraction of sp³-hybridized carbons (Fsp3) is 0.500. The first-order chi connectivity index (χ1) is 8.72. The van der Waals surface area contributed by atoms with Crippen LogP contribution in [0.5, 0.6) is 0 Å². The summed E-state index contributed by atoms with van der Waals surface area (Å²) < 4.78 is 16.2. The molecule has 0 aliphatic carbocycles. The molecule has 1 heterocycles. The maximum absolute atomic E-state index is 13.6. The van der Waals surface area contributed by atoms with Crippen molar-refractivity contribution in [1.29, 1.82) is 0 Å². The van der Waals surface area contributed by atoms with Crippen LogP contribution in [0.3, 0.4) is 0 Å². The van der Waals surface area contributed by atoms with Gasteiger partial charge in [0.1, 0.15) is 5.82 Å². The van der Waals surface area contributed by atoms with Crippen LogP contribution < -0.4 is 0 Å². The number of nitrogens with zero attached hydrogens (tertiary/aromatic N) is 1. The largest absolute Gasteiger partial charge is 0.331 e. The van der Waals surface area contributed by atoms with Crippen molar-refractivity contribution in [2.24, 2.45) is 11.3 Å². The van der Waals surface area contributed by atoms with Crippen molar-refractivity contribution in [3.63, 3.8) is 0 Å². The number of hydrogen-bond acceptors (Lipinski definition) is 1. The molecule has 0 unspecified atom stereocenters. The minimum Gasteiger partial charge on any atom is -0.331 e. The number of halogens is 2. The lowest BCUT2D eigenvalue weighted by Gasteiger charge is -2.29. The SMILES string of the molecule is CC(C)C(C)(C)Cn1c(=S)[nH]c2cc(Cl)c(F)cc21. The summed E-state index contributed by atoms with van der Waals surface area (Å²) >= 11 is 11.1. The van der Waals surface area contributed by atoms with E-state index in [1.807, 2.05) is 4.57 Å². The highest BCUT2D eigenvalue weighted by Crippen LogP contribution is 2.31. The van der Waals surface area contributed by atoms with Crippen LogP contribution in [-0.4, -0.2) is 9.55 Å². The molecule has 0 amide bonds. The lowest BCUT2D eigenvalue weighted by molar-refractivity contribution is 0.211. The minimum atomic E-state index is -0.417. The molecule has 0 saturated carbocycles. The van der Waals surface area contributed by atoms with Gasteiger partial charge in [0, 0.05) is 12.6 Å². The highest BCUT2D eigenvalue weighted by molar-refractivity contribution is 7.71. The molecule has 1 aromatic heterocycles. The number of rotatable bonds is 3. The number of H-pyrrole nitrogens is 1. The smallest absolute Gasteiger partial charge is 0.178 e. The molecule has 0 bridgehead atoms. The van der Waals surface area contributed by atoms with E-state index in [1.165, 1.54) is 6.07 Å². The molecular formula is C14H18ClFN2S. The molecule has 0 saturated heterocycles. The molecule has 5 heteroatoms. The average Bonchev–Trinajstić information content (AvgIpc) is 2.56. The Bertz CT molecular complexity index is 670. The van der Waals surface area contributed by atoms with Crippen LogP contribution in [-0.2, 0) is 6.54 Å². The third-order valence-electron chi connectivity index (χ3n) is 3.94. The van der Waals surface area contributed by atoms with Crippen molar-refractivity contribution in [2.75, 3.05) is 0 Å². The van der Waals surface area contributed by atoms with Crippen molar-refractivity contribution < 1.29 is 4.39 Å². The van der Waals surface area contributed by atoms with Crippen LogP contribution in [0.15, 0.2) is 12.1 Å². The lowest BCUT2D eigenvalue weighted by Crippen LogP contribution is -2.25. The van der Waals surface area contributed by atoms with Gasteiger partial charge in [-0.15, -0.1) is 0 Å². The molecule has 0 atom stereocenters. The summed E-state index contributed by atoms with van der Waals surface area (Å²) in [5.74, 6) is 0.0794. The van der Waals surface area contributed by atoms with E-state index in [0.717, 1.165) is 17.6 Å². The zero-order chi connectivity index (χ0) is 14.4. The highest BCUT2D eigenvalue weighted by atomic mass is 35.5. The van der Waals surface area contributed by atoms with Crippen molar-refractivity contribution in [2.45, 2.75) is 34.2 Å². The van der Waals surface area contributed by atoms with Crippen molar-refractivity contribution in [3.8, 4) is 0 Å². The van der Waals surface area contributed by atoms with Crippen LogP contribution in [0.4, 0.5) is 4.39 Å². The predicted octanol–water partition coefficient (Wildman–Crippen LogP) is 5.17. The van der Waals surface area contributed by atoms with Gasteiger partial charge in [-0.25, -0.2) is 4.39 Å². The Balaban J connectivity index is 2.58. The zero-order valence-electron chi connectivity index (χ0n) is 11.6. The summed E-state index contributed by atoms with van der Waals surface area (Å²) in [6, 6.07) is 3.03. The molecule has 2 aromatic rings. The zero-order valence-corrected chi connectivity index (χ0v) is 13.1. The second-order valence-electron chi connectivity index (χ2n) is 5.94. The second-order valence-corrected chi connectivity index (χ2v) is 6.74.